The second-order valence-electron chi connectivity index (χ2n) is 6.74. The molecule has 0 aliphatic carbocycles. The fourth-order valence-electron chi connectivity index (χ4n) is 2.57. The van der Waals surface area contributed by atoms with Crippen LogP contribution in [0.3, 0.4) is 0 Å². The predicted octanol–water partition coefficient (Wildman–Crippen LogP) is 3.97. The molecule has 5 nitrogen and oxygen atoms in total. The molecule has 0 aliphatic rings. The maximum Gasteiger partial charge on any atom is 0.190 e. The van der Waals surface area contributed by atoms with Crippen molar-refractivity contribution in [3.63, 3.8) is 0 Å². The zero-order chi connectivity index (χ0) is 19.0. The number of ether oxygens (including phenoxy) is 2. The second-order valence-corrected chi connectivity index (χ2v) is 6.74. The van der Waals surface area contributed by atoms with Crippen molar-refractivity contribution in [2.24, 2.45) is 4.99 Å². The van der Waals surface area contributed by atoms with E-state index in [1.54, 1.807) is 7.11 Å². The van der Waals surface area contributed by atoms with E-state index in [1.807, 2.05) is 7.05 Å². The summed E-state index contributed by atoms with van der Waals surface area (Å²) in [6.45, 7) is 8.41. The maximum absolute atomic E-state index is 5.45. The lowest BCUT2D eigenvalue weighted by molar-refractivity contribution is 0.0689. The molecule has 1 rings (SSSR count). The van der Waals surface area contributed by atoms with Crippen LogP contribution in [0.5, 0.6) is 0 Å². The number of benzene rings is 1. The van der Waals surface area contributed by atoms with Gasteiger partial charge >= 0.3 is 0 Å². The number of hydrogen-bond donors (Lipinski definition) is 2. The Labute approximate surface area is 182 Å². The number of nitrogens with one attached hydrogen (secondary N) is 2. The minimum absolute atomic E-state index is 0. The summed E-state index contributed by atoms with van der Waals surface area (Å²) in [5.74, 6) is 1.47. The van der Waals surface area contributed by atoms with Gasteiger partial charge in [-0.15, -0.1) is 24.0 Å². The van der Waals surface area contributed by atoms with Crippen molar-refractivity contribution in [3.05, 3.63) is 35.4 Å². The van der Waals surface area contributed by atoms with Crippen LogP contribution in [-0.4, -0.2) is 53.0 Å². The van der Waals surface area contributed by atoms with Crippen molar-refractivity contribution >= 4 is 29.9 Å². The lowest BCUT2D eigenvalue weighted by Gasteiger charge is -2.12. The molecule has 6 heteroatoms. The Morgan fingerprint density at radius 3 is 2.22 bits per heavy atom. The molecule has 2 N–H and O–H groups in total. The third-order valence-electron chi connectivity index (χ3n) is 4.24. The molecular formula is C21H38IN3O2. The number of aryl methyl sites for hydroxylation is 1. The quantitative estimate of drug-likeness (QED) is 0.190. The van der Waals surface area contributed by atoms with Crippen molar-refractivity contribution in [2.45, 2.75) is 45.4 Å². The van der Waals surface area contributed by atoms with Crippen molar-refractivity contribution in [2.75, 3.05) is 47.1 Å². The summed E-state index contributed by atoms with van der Waals surface area (Å²) in [6, 6.07) is 8.98. The fourth-order valence-corrected chi connectivity index (χ4v) is 2.57. The Morgan fingerprint density at radius 1 is 0.963 bits per heavy atom. The summed E-state index contributed by atoms with van der Waals surface area (Å²) in [6.07, 6.45) is 4.28. The van der Waals surface area contributed by atoms with E-state index >= 15 is 0 Å². The largest absolute Gasteiger partial charge is 0.382 e. The highest BCUT2D eigenvalue weighted by Gasteiger charge is 2.00. The average Bonchev–Trinajstić information content (AvgIpc) is 2.65. The zero-order valence-corrected chi connectivity index (χ0v) is 19.8. The molecule has 0 radical (unpaired) electrons. The summed E-state index contributed by atoms with van der Waals surface area (Å²) in [5, 5.41) is 6.73. The standard InChI is InChI=1S/C21H37N3O2.HI/c1-18(2)20-11-9-19(10-12-20)8-7-14-24-21(22-3)23-13-5-6-15-26-17-16-25-4;/h9-12,18H,5-8,13-17H2,1-4H3,(H2,22,23,24);1H. The first-order valence-corrected chi connectivity index (χ1v) is 9.77. The van der Waals surface area contributed by atoms with Gasteiger partial charge in [0.1, 0.15) is 0 Å². The molecule has 0 atom stereocenters. The Hall–Kier alpha value is -0.860. The van der Waals surface area contributed by atoms with E-state index in [4.69, 9.17) is 9.47 Å². The predicted molar refractivity (Wildman–Crippen MR) is 126 cm³/mol. The molecule has 0 saturated heterocycles. The molecule has 0 bridgehead atoms. The Bertz CT molecular complexity index is 493. The highest BCUT2D eigenvalue weighted by atomic mass is 127. The Morgan fingerprint density at radius 2 is 1.63 bits per heavy atom. The number of unbranched alkanes of at least 4 members (excludes halogenated alkanes) is 1. The van der Waals surface area contributed by atoms with Gasteiger partial charge in [0.05, 0.1) is 13.2 Å². The molecule has 1 aromatic rings. The van der Waals surface area contributed by atoms with Gasteiger partial charge in [0, 0.05) is 33.9 Å². The van der Waals surface area contributed by atoms with Gasteiger partial charge in [0.2, 0.25) is 0 Å². The first kappa shape index (κ1) is 26.1. The van der Waals surface area contributed by atoms with Crippen LogP contribution < -0.4 is 10.6 Å². The molecule has 0 unspecified atom stereocenters. The van der Waals surface area contributed by atoms with Crippen LogP contribution >= 0.6 is 24.0 Å². The third kappa shape index (κ3) is 13.0. The number of aliphatic imine (C=N–C) groups is 1. The van der Waals surface area contributed by atoms with E-state index in [0.717, 1.165) is 51.3 Å². The van der Waals surface area contributed by atoms with Crippen molar-refractivity contribution in [3.8, 4) is 0 Å². The average molecular weight is 491 g/mol. The number of halogens is 1. The van der Waals surface area contributed by atoms with E-state index in [2.05, 4.69) is 53.7 Å². The van der Waals surface area contributed by atoms with E-state index in [9.17, 15) is 0 Å². The lowest BCUT2D eigenvalue weighted by atomic mass is 10.0. The number of hydrogen-bond acceptors (Lipinski definition) is 3. The SMILES string of the molecule is CN=C(NCCCCOCCOC)NCCCc1ccc(C(C)C)cc1.I. The fraction of sp³-hybridized carbons (Fsp3) is 0.667. The molecule has 0 fully saturated rings. The normalized spacial score (nSPS) is 11.4. The molecule has 0 aliphatic heterocycles. The minimum Gasteiger partial charge on any atom is -0.382 e. The molecule has 0 saturated carbocycles. The summed E-state index contributed by atoms with van der Waals surface area (Å²) < 4.78 is 10.4. The van der Waals surface area contributed by atoms with Crippen LogP contribution in [0, 0.1) is 0 Å². The zero-order valence-electron chi connectivity index (χ0n) is 17.4. The van der Waals surface area contributed by atoms with Crippen LogP contribution in [0.2, 0.25) is 0 Å². The van der Waals surface area contributed by atoms with Crippen LogP contribution in [-0.2, 0) is 15.9 Å². The van der Waals surface area contributed by atoms with Crippen LogP contribution in [0.15, 0.2) is 29.3 Å². The van der Waals surface area contributed by atoms with Crippen LogP contribution in [0.1, 0.15) is 50.2 Å². The van der Waals surface area contributed by atoms with Gasteiger partial charge in [-0.05, 0) is 42.7 Å². The van der Waals surface area contributed by atoms with Crippen LogP contribution in [0.25, 0.3) is 0 Å². The smallest absolute Gasteiger partial charge is 0.190 e. The second kappa shape index (κ2) is 17.3. The summed E-state index contributed by atoms with van der Waals surface area (Å²) >= 11 is 0. The van der Waals surface area contributed by atoms with Gasteiger partial charge < -0.3 is 20.1 Å². The van der Waals surface area contributed by atoms with Crippen molar-refractivity contribution in [1.29, 1.82) is 0 Å². The Balaban J connectivity index is 0.00000676. The molecule has 0 amide bonds. The van der Waals surface area contributed by atoms with Crippen LogP contribution in [0.4, 0.5) is 0 Å². The molecule has 0 spiro atoms. The summed E-state index contributed by atoms with van der Waals surface area (Å²) in [7, 11) is 3.50. The molecule has 27 heavy (non-hydrogen) atoms. The topological polar surface area (TPSA) is 54.9 Å². The molecule has 156 valence electrons. The van der Waals surface area contributed by atoms with Crippen molar-refractivity contribution in [1.82, 2.24) is 10.6 Å². The highest BCUT2D eigenvalue weighted by molar-refractivity contribution is 14.0. The van der Waals surface area contributed by atoms with Crippen molar-refractivity contribution < 1.29 is 9.47 Å². The van der Waals surface area contributed by atoms with Gasteiger partial charge in [-0.1, -0.05) is 38.1 Å². The molecule has 1 aromatic carbocycles. The van der Waals surface area contributed by atoms with E-state index in [1.165, 1.54) is 11.1 Å². The van der Waals surface area contributed by atoms with Gasteiger partial charge in [0.15, 0.2) is 5.96 Å². The van der Waals surface area contributed by atoms with Gasteiger partial charge in [-0.2, -0.15) is 0 Å². The molecular weight excluding hydrogens is 453 g/mol. The number of rotatable bonds is 13. The lowest BCUT2D eigenvalue weighted by Crippen LogP contribution is -2.38. The maximum atomic E-state index is 5.45. The first-order chi connectivity index (χ1) is 12.7. The summed E-state index contributed by atoms with van der Waals surface area (Å²) in [5.41, 5.74) is 2.80. The molecule has 0 heterocycles. The Kier molecular flexibility index (Phi) is 16.7. The number of nitrogens with zero attached hydrogens (tertiary/aromatic N) is 1. The van der Waals surface area contributed by atoms with Gasteiger partial charge in [0.25, 0.3) is 0 Å². The monoisotopic (exact) mass is 491 g/mol. The molecule has 0 aromatic heterocycles. The third-order valence-corrected chi connectivity index (χ3v) is 4.24. The number of methoxy groups -OCH3 is 1. The number of guanidine groups is 1. The summed E-state index contributed by atoms with van der Waals surface area (Å²) in [4.78, 5) is 4.27. The van der Waals surface area contributed by atoms with E-state index < -0.39 is 0 Å². The van der Waals surface area contributed by atoms with Gasteiger partial charge in [-0.3, -0.25) is 4.99 Å². The van der Waals surface area contributed by atoms with Gasteiger partial charge in [-0.25, -0.2) is 0 Å². The minimum atomic E-state index is 0. The first-order valence-electron chi connectivity index (χ1n) is 9.77. The van der Waals surface area contributed by atoms with E-state index in [-0.39, 0.29) is 24.0 Å². The highest BCUT2D eigenvalue weighted by Crippen LogP contribution is 2.15. The van der Waals surface area contributed by atoms with E-state index in [0.29, 0.717) is 19.1 Å².